The quantitative estimate of drug-likeness (QED) is 0.450. The molecule has 0 N–H and O–H groups in total. The maximum atomic E-state index is 2.35. The van der Waals surface area contributed by atoms with Crippen LogP contribution in [0.2, 0.25) is 0 Å². The molecule has 76 valence electrons. The molecule has 0 fully saturated rings. The first-order chi connectivity index (χ1) is 6.43. The minimum absolute atomic E-state index is 0.937. The molecule has 0 saturated carbocycles. The molecule has 1 atom stereocenters. The van der Waals surface area contributed by atoms with Crippen molar-refractivity contribution in [3.05, 3.63) is 12.2 Å². The fourth-order valence-corrected chi connectivity index (χ4v) is 2.85. The topological polar surface area (TPSA) is 0 Å². The summed E-state index contributed by atoms with van der Waals surface area (Å²) < 4.78 is 0. The van der Waals surface area contributed by atoms with E-state index in [0.717, 1.165) is 5.25 Å². The first-order valence-corrected chi connectivity index (χ1v) is 6.75. The smallest absolute Gasteiger partial charge is 0.0116 e. The minimum atomic E-state index is 0.937. The van der Waals surface area contributed by atoms with E-state index in [1.807, 2.05) is 0 Å². The standard InChI is InChI=1S/C12H22S/c1-2-3-4-5-6-9-12-10-7-8-11-13-12/h7-8,12H,2-6,9-11H2,1H3. The summed E-state index contributed by atoms with van der Waals surface area (Å²) in [6.07, 6.45) is 14.6. The first kappa shape index (κ1) is 11.2. The van der Waals surface area contributed by atoms with Crippen molar-refractivity contribution in [1.29, 1.82) is 0 Å². The molecular formula is C12H22S. The van der Waals surface area contributed by atoms with E-state index in [0.29, 0.717) is 0 Å². The Morgan fingerprint density at radius 2 is 2.00 bits per heavy atom. The van der Waals surface area contributed by atoms with Gasteiger partial charge in [0.15, 0.2) is 0 Å². The third kappa shape index (κ3) is 5.41. The van der Waals surface area contributed by atoms with Crippen molar-refractivity contribution < 1.29 is 0 Å². The largest absolute Gasteiger partial charge is 0.154 e. The van der Waals surface area contributed by atoms with E-state index >= 15 is 0 Å². The van der Waals surface area contributed by atoms with Crippen molar-refractivity contribution in [3.8, 4) is 0 Å². The van der Waals surface area contributed by atoms with Gasteiger partial charge in [0.2, 0.25) is 0 Å². The Balaban J connectivity index is 1.90. The van der Waals surface area contributed by atoms with Crippen molar-refractivity contribution in [1.82, 2.24) is 0 Å². The van der Waals surface area contributed by atoms with Crippen LogP contribution >= 0.6 is 11.8 Å². The average Bonchev–Trinajstić information content (AvgIpc) is 2.19. The van der Waals surface area contributed by atoms with E-state index in [9.17, 15) is 0 Å². The predicted octanol–water partition coefficient (Wildman–Crippen LogP) is 4.41. The van der Waals surface area contributed by atoms with Gasteiger partial charge in [0.1, 0.15) is 0 Å². The molecule has 0 bridgehead atoms. The van der Waals surface area contributed by atoms with Crippen molar-refractivity contribution in [3.63, 3.8) is 0 Å². The van der Waals surface area contributed by atoms with Crippen LogP contribution in [0.25, 0.3) is 0 Å². The lowest BCUT2D eigenvalue weighted by Crippen LogP contribution is -2.05. The number of allylic oxidation sites excluding steroid dienone is 1. The van der Waals surface area contributed by atoms with Gasteiger partial charge in [-0.15, -0.1) is 0 Å². The molecule has 0 aliphatic carbocycles. The second-order valence-electron chi connectivity index (χ2n) is 3.87. The molecule has 13 heavy (non-hydrogen) atoms. The van der Waals surface area contributed by atoms with Crippen molar-refractivity contribution in [2.75, 3.05) is 5.75 Å². The van der Waals surface area contributed by atoms with Crippen LogP contribution in [0, 0.1) is 0 Å². The van der Waals surface area contributed by atoms with Crippen molar-refractivity contribution >= 4 is 11.8 Å². The van der Waals surface area contributed by atoms with E-state index in [1.54, 1.807) is 0 Å². The van der Waals surface area contributed by atoms with Gasteiger partial charge in [0, 0.05) is 11.0 Å². The molecule has 1 heterocycles. The van der Waals surface area contributed by atoms with Gasteiger partial charge in [-0.1, -0.05) is 51.2 Å². The number of rotatable bonds is 6. The lowest BCUT2D eigenvalue weighted by Gasteiger charge is -2.16. The van der Waals surface area contributed by atoms with E-state index < -0.39 is 0 Å². The molecule has 0 nitrogen and oxygen atoms in total. The van der Waals surface area contributed by atoms with Crippen LogP contribution in [0.1, 0.15) is 51.9 Å². The van der Waals surface area contributed by atoms with Crippen LogP contribution in [0.15, 0.2) is 12.2 Å². The lowest BCUT2D eigenvalue weighted by atomic mass is 10.1. The molecule has 0 amide bonds. The van der Waals surface area contributed by atoms with E-state index in [-0.39, 0.29) is 0 Å². The molecule has 0 aromatic carbocycles. The van der Waals surface area contributed by atoms with E-state index in [1.165, 1.54) is 50.7 Å². The first-order valence-electron chi connectivity index (χ1n) is 5.70. The van der Waals surface area contributed by atoms with Crippen LogP contribution in [0.4, 0.5) is 0 Å². The molecular weight excluding hydrogens is 176 g/mol. The lowest BCUT2D eigenvalue weighted by molar-refractivity contribution is 0.597. The third-order valence-electron chi connectivity index (χ3n) is 2.62. The van der Waals surface area contributed by atoms with Crippen LogP contribution < -0.4 is 0 Å². The zero-order valence-electron chi connectivity index (χ0n) is 8.80. The second-order valence-corrected chi connectivity index (χ2v) is 5.20. The fourth-order valence-electron chi connectivity index (χ4n) is 1.75. The molecule has 1 heteroatoms. The Morgan fingerprint density at radius 1 is 1.15 bits per heavy atom. The number of hydrogen-bond acceptors (Lipinski definition) is 1. The van der Waals surface area contributed by atoms with Gasteiger partial charge in [-0.25, -0.2) is 0 Å². The maximum absolute atomic E-state index is 2.35. The zero-order chi connectivity index (χ0) is 9.36. The van der Waals surface area contributed by atoms with Gasteiger partial charge in [-0.3, -0.25) is 0 Å². The Kier molecular flexibility index (Phi) is 6.43. The molecule has 0 spiro atoms. The molecule has 1 aliphatic rings. The maximum Gasteiger partial charge on any atom is 0.0116 e. The van der Waals surface area contributed by atoms with Crippen LogP contribution in [0.5, 0.6) is 0 Å². The molecule has 0 aromatic heterocycles. The van der Waals surface area contributed by atoms with E-state index in [4.69, 9.17) is 0 Å². The molecule has 1 unspecified atom stereocenters. The highest BCUT2D eigenvalue weighted by molar-refractivity contribution is 8.00. The van der Waals surface area contributed by atoms with Crippen LogP contribution in [-0.4, -0.2) is 11.0 Å². The van der Waals surface area contributed by atoms with Gasteiger partial charge in [-0.2, -0.15) is 11.8 Å². The van der Waals surface area contributed by atoms with Gasteiger partial charge in [0.05, 0.1) is 0 Å². The van der Waals surface area contributed by atoms with Crippen LogP contribution in [0.3, 0.4) is 0 Å². The summed E-state index contributed by atoms with van der Waals surface area (Å²) in [4.78, 5) is 0. The van der Waals surface area contributed by atoms with Gasteiger partial charge >= 0.3 is 0 Å². The highest BCUT2D eigenvalue weighted by Gasteiger charge is 2.08. The summed E-state index contributed by atoms with van der Waals surface area (Å²) in [7, 11) is 0. The highest BCUT2D eigenvalue weighted by atomic mass is 32.2. The average molecular weight is 198 g/mol. The SMILES string of the molecule is CCCCCCCC1CC=CCS1. The predicted molar refractivity (Wildman–Crippen MR) is 63.4 cm³/mol. The zero-order valence-corrected chi connectivity index (χ0v) is 9.61. The normalized spacial score (nSPS) is 22.1. The monoisotopic (exact) mass is 198 g/mol. The summed E-state index contributed by atoms with van der Waals surface area (Å²) in [6.45, 7) is 2.28. The summed E-state index contributed by atoms with van der Waals surface area (Å²) in [5, 5.41) is 0.937. The molecule has 0 saturated heterocycles. The van der Waals surface area contributed by atoms with Gasteiger partial charge in [-0.05, 0) is 12.8 Å². The Labute approximate surface area is 87.2 Å². The number of thioether (sulfide) groups is 1. The Morgan fingerprint density at radius 3 is 2.69 bits per heavy atom. The number of unbranched alkanes of at least 4 members (excludes halogenated alkanes) is 4. The molecule has 1 rings (SSSR count). The Hall–Kier alpha value is 0.0900. The summed E-state index contributed by atoms with van der Waals surface area (Å²) in [5.41, 5.74) is 0. The minimum Gasteiger partial charge on any atom is -0.154 e. The summed E-state index contributed by atoms with van der Waals surface area (Å²) in [5.74, 6) is 1.25. The highest BCUT2D eigenvalue weighted by Crippen LogP contribution is 2.25. The van der Waals surface area contributed by atoms with Gasteiger partial charge in [0.25, 0.3) is 0 Å². The third-order valence-corrected chi connectivity index (χ3v) is 3.91. The molecule has 1 aliphatic heterocycles. The van der Waals surface area contributed by atoms with Crippen LogP contribution in [-0.2, 0) is 0 Å². The van der Waals surface area contributed by atoms with E-state index in [2.05, 4.69) is 30.8 Å². The molecule has 0 aromatic rings. The molecule has 0 radical (unpaired) electrons. The van der Waals surface area contributed by atoms with Gasteiger partial charge < -0.3 is 0 Å². The summed E-state index contributed by atoms with van der Waals surface area (Å²) >= 11 is 2.14. The number of hydrogen-bond donors (Lipinski definition) is 0. The summed E-state index contributed by atoms with van der Waals surface area (Å²) in [6, 6.07) is 0. The fraction of sp³-hybridized carbons (Fsp3) is 0.833. The van der Waals surface area contributed by atoms with Crippen molar-refractivity contribution in [2.45, 2.75) is 57.1 Å². The Bertz CT molecular complexity index is 140. The van der Waals surface area contributed by atoms with Crippen molar-refractivity contribution in [2.24, 2.45) is 0 Å². The second kappa shape index (κ2) is 7.49.